The zero-order valence-corrected chi connectivity index (χ0v) is 46.1. The molecule has 0 unspecified atom stereocenters. The molecule has 0 saturated carbocycles. The van der Waals surface area contributed by atoms with Crippen molar-refractivity contribution in [2.75, 3.05) is 39.6 Å². The van der Waals surface area contributed by atoms with E-state index in [2.05, 4.69) is 62.0 Å². The average Bonchev–Trinajstić information content (AvgIpc) is 3.44. The van der Waals surface area contributed by atoms with Gasteiger partial charge in [-0.05, 0) is 136 Å². The summed E-state index contributed by atoms with van der Waals surface area (Å²) in [5, 5.41) is 18.1. The van der Waals surface area contributed by atoms with E-state index in [0.29, 0.717) is 108 Å². The van der Waals surface area contributed by atoms with Crippen LogP contribution in [0.15, 0.2) is 118 Å². The summed E-state index contributed by atoms with van der Waals surface area (Å²) in [6.07, 6.45) is 18.4. The predicted molar refractivity (Wildman–Crippen MR) is 301 cm³/mol. The first-order chi connectivity index (χ1) is 37.3. The minimum Gasteiger partial charge on any atom is -0.490 e. The summed E-state index contributed by atoms with van der Waals surface area (Å²) < 4.78 is 49.1. The Balaban J connectivity index is 1.20. The van der Waals surface area contributed by atoms with E-state index in [-0.39, 0.29) is 11.5 Å². The number of esters is 2. The molecule has 0 radical (unpaired) electrons. The number of carbonyl (C=O) groups excluding carboxylic acids is 2. The summed E-state index contributed by atoms with van der Waals surface area (Å²) in [5.41, 5.74) is 2.74. The van der Waals surface area contributed by atoms with Crippen LogP contribution in [0.2, 0.25) is 0 Å². The van der Waals surface area contributed by atoms with Gasteiger partial charge in [0.25, 0.3) is 0 Å². The monoisotopic (exact) mass is 1040 g/mol. The van der Waals surface area contributed by atoms with E-state index in [1.807, 2.05) is 24.3 Å². The molecule has 0 heterocycles. The van der Waals surface area contributed by atoms with Crippen molar-refractivity contribution in [1.29, 1.82) is 0 Å². The van der Waals surface area contributed by atoms with E-state index < -0.39 is 11.9 Å². The fourth-order valence-corrected chi connectivity index (χ4v) is 7.64. The van der Waals surface area contributed by atoms with Gasteiger partial charge in [0, 0.05) is 0 Å². The number of benzene rings is 5. The van der Waals surface area contributed by atoms with Crippen LogP contribution < -0.4 is 37.9 Å². The maximum atomic E-state index is 13.2. The second kappa shape index (κ2) is 35.3. The van der Waals surface area contributed by atoms with Crippen LogP contribution in [0, 0.1) is 0 Å². The minimum atomic E-state index is -0.566. The zero-order chi connectivity index (χ0) is 54.0. The lowest BCUT2D eigenvalue weighted by Gasteiger charge is -2.18. The fraction of sp³-hybridized carbons (Fsp3) is 0.484. The number of rotatable bonds is 38. The van der Waals surface area contributed by atoms with Crippen molar-refractivity contribution < 1.29 is 47.5 Å². The average molecular weight is 1040 g/mol. The Morgan fingerprint density at radius 1 is 0.316 bits per heavy atom. The molecular weight excluding hydrogens is 961 g/mol. The van der Waals surface area contributed by atoms with Gasteiger partial charge in [0.15, 0.2) is 23.0 Å². The van der Waals surface area contributed by atoms with E-state index in [0.717, 1.165) is 116 Å². The normalized spacial score (nSPS) is 11.2. The molecule has 5 aromatic rings. The fourth-order valence-electron chi connectivity index (χ4n) is 7.64. The van der Waals surface area contributed by atoms with Gasteiger partial charge in [-0.15, -0.1) is 10.2 Å². The Morgan fingerprint density at radius 3 is 0.908 bits per heavy atom. The van der Waals surface area contributed by atoms with Crippen LogP contribution in [0.1, 0.15) is 178 Å². The van der Waals surface area contributed by atoms with Crippen molar-refractivity contribution in [3.63, 3.8) is 0 Å². The van der Waals surface area contributed by atoms with Gasteiger partial charge in [-0.2, -0.15) is 10.2 Å². The molecule has 410 valence electrons. The highest BCUT2D eigenvalue weighted by atomic mass is 16.6. The third-order valence-electron chi connectivity index (χ3n) is 12.1. The number of hydrogen-bond donors (Lipinski definition) is 0. The molecule has 0 aliphatic heterocycles. The standard InChI is InChI=1S/C62H82N4O10/c1-7-13-19-41-69-55-39-37-53(57(71-43-21-15-9-3)59(55)73-45-23-17-11-5)65-63-49-29-25-47(26-30-49)61(67)75-51-33-35-52(36-34-51)76-62(68)48-27-31-50(32-28-48)64-66-54-38-40-56(70-42-20-14-8-2)60(74-46-24-18-12-6)58(54)72-44-22-16-10-4/h25-40H,7-24,41-46H2,1-6H3. The van der Waals surface area contributed by atoms with Crippen LogP contribution >= 0.6 is 0 Å². The largest absolute Gasteiger partial charge is 0.490 e. The van der Waals surface area contributed by atoms with Gasteiger partial charge in [-0.1, -0.05) is 119 Å². The lowest BCUT2D eigenvalue weighted by atomic mass is 10.2. The third-order valence-corrected chi connectivity index (χ3v) is 12.1. The van der Waals surface area contributed by atoms with E-state index in [1.54, 1.807) is 72.8 Å². The van der Waals surface area contributed by atoms with Gasteiger partial charge in [-0.3, -0.25) is 0 Å². The summed E-state index contributed by atoms with van der Waals surface area (Å²) in [5.74, 6) is 2.81. The number of azo groups is 2. The Labute approximate surface area is 451 Å². The Bertz CT molecular complexity index is 2340. The van der Waals surface area contributed by atoms with Gasteiger partial charge in [0.05, 0.1) is 62.1 Å². The van der Waals surface area contributed by atoms with Gasteiger partial charge in [-0.25, -0.2) is 9.59 Å². The second-order valence-corrected chi connectivity index (χ2v) is 18.6. The maximum absolute atomic E-state index is 13.2. The maximum Gasteiger partial charge on any atom is 0.343 e. The van der Waals surface area contributed by atoms with Crippen molar-refractivity contribution in [2.24, 2.45) is 20.5 Å². The molecule has 14 heteroatoms. The lowest BCUT2D eigenvalue weighted by Crippen LogP contribution is -2.09. The van der Waals surface area contributed by atoms with Crippen molar-refractivity contribution >= 4 is 34.7 Å². The molecule has 0 N–H and O–H groups in total. The molecule has 14 nitrogen and oxygen atoms in total. The van der Waals surface area contributed by atoms with E-state index in [1.165, 1.54) is 0 Å². The molecule has 0 bridgehead atoms. The highest BCUT2D eigenvalue weighted by Crippen LogP contribution is 2.47. The first kappa shape index (κ1) is 59.9. The van der Waals surface area contributed by atoms with Crippen molar-refractivity contribution in [2.45, 2.75) is 157 Å². The smallest absolute Gasteiger partial charge is 0.343 e. The van der Waals surface area contributed by atoms with Crippen molar-refractivity contribution in [3.8, 4) is 46.0 Å². The summed E-state index contributed by atoms with van der Waals surface area (Å²) in [6, 6.07) is 26.9. The van der Waals surface area contributed by atoms with E-state index in [9.17, 15) is 9.59 Å². The first-order valence-electron chi connectivity index (χ1n) is 28.0. The van der Waals surface area contributed by atoms with Crippen molar-refractivity contribution in [1.82, 2.24) is 0 Å². The Hall–Kier alpha value is -6.96. The van der Waals surface area contributed by atoms with Gasteiger partial charge in [0.2, 0.25) is 11.5 Å². The van der Waals surface area contributed by atoms with E-state index >= 15 is 0 Å². The summed E-state index contributed by atoms with van der Waals surface area (Å²) in [6.45, 7) is 16.2. The number of hydrogen-bond acceptors (Lipinski definition) is 14. The highest BCUT2D eigenvalue weighted by molar-refractivity contribution is 5.92. The molecular formula is C62H82N4O10. The zero-order valence-electron chi connectivity index (χ0n) is 46.1. The van der Waals surface area contributed by atoms with Gasteiger partial charge < -0.3 is 37.9 Å². The van der Waals surface area contributed by atoms with Gasteiger partial charge >= 0.3 is 11.9 Å². The number of carbonyl (C=O) groups is 2. The minimum absolute atomic E-state index is 0.277. The molecule has 76 heavy (non-hydrogen) atoms. The molecule has 0 aromatic heterocycles. The molecule has 0 fully saturated rings. The second-order valence-electron chi connectivity index (χ2n) is 18.6. The lowest BCUT2D eigenvalue weighted by molar-refractivity contribution is 0.0719. The topological polar surface area (TPSA) is 157 Å². The SMILES string of the molecule is CCCCCOc1ccc(N=Nc2ccc(C(=O)Oc3ccc(OC(=O)c4ccc(N=Nc5ccc(OCCCCC)c(OCCCCC)c5OCCCCC)cc4)cc3)cc2)c(OCCCCC)c1OCCCCC. The summed E-state index contributed by atoms with van der Waals surface area (Å²) >= 11 is 0. The highest BCUT2D eigenvalue weighted by Gasteiger charge is 2.21. The van der Waals surface area contributed by atoms with Crippen LogP contribution in [0.4, 0.5) is 22.7 Å². The summed E-state index contributed by atoms with van der Waals surface area (Å²) in [7, 11) is 0. The van der Waals surface area contributed by atoms with Crippen LogP contribution in [0.25, 0.3) is 0 Å². The number of nitrogens with zero attached hydrogens (tertiary/aromatic N) is 4. The summed E-state index contributed by atoms with van der Waals surface area (Å²) in [4.78, 5) is 26.4. The Morgan fingerprint density at radius 2 is 0.605 bits per heavy atom. The number of ether oxygens (including phenoxy) is 8. The predicted octanol–water partition coefficient (Wildman–Crippen LogP) is 18.4. The van der Waals surface area contributed by atoms with Crippen LogP contribution in [-0.4, -0.2) is 51.6 Å². The van der Waals surface area contributed by atoms with Crippen molar-refractivity contribution in [3.05, 3.63) is 108 Å². The van der Waals surface area contributed by atoms with E-state index in [4.69, 9.17) is 37.9 Å². The molecule has 5 rings (SSSR count). The Kier molecular flexibility index (Phi) is 27.8. The molecule has 0 saturated heterocycles. The van der Waals surface area contributed by atoms with Crippen LogP contribution in [-0.2, 0) is 0 Å². The van der Waals surface area contributed by atoms with Crippen LogP contribution in [0.3, 0.4) is 0 Å². The molecule has 5 aromatic carbocycles. The molecule has 0 atom stereocenters. The quantitative estimate of drug-likeness (QED) is 0.0161. The van der Waals surface area contributed by atoms with Gasteiger partial charge in [0.1, 0.15) is 22.9 Å². The third kappa shape index (κ3) is 20.6. The first-order valence-corrected chi connectivity index (χ1v) is 28.0. The number of unbranched alkanes of at least 4 members (excludes halogenated alkanes) is 12. The van der Waals surface area contributed by atoms with Crippen LogP contribution in [0.5, 0.6) is 46.0 Å². The molecule has 0 aliphatic carbocycles. The molecule has 0 spiro atoms. The molecule has 0 amide bonds. The molecule has 0 aliphatic rings.